The number of hydrogen-bond donors (Lipinski definition) is 1. The van der Waals surface area contributed by atoms with Gasteiger partial charge in [-0.3, -0.25) is 4.79 Å². The summed E-state index contributed by atoms with van der Waals surface area (Å²) in [4.78, 5) is 15.9. The van der Waals surface area contributed by atoms with Crippen molar-refractivity contribution in [1.29, 1.82) is 0 Å². The van der Waals surface area contributed by atoms with Gasteiger partial charge in [0.15, 0.2) is 0 Å². The van der Waals surface area contributed by atoms with Crippen molar-refractivity contribution in [1.82, 2.24) is 10.2 Å². The summed E-state index contributed by atoms with van der Waals surface area (Å²) >= 11 is 1.74. The van der Waals surface area contributed by atoms with E-state index in [0.29, 0.717) is 0 Å². The van der Waals surface area contributed by atoms with E-state index in [9.17, 15) is 4.79 Å². The Morgan fingerprint density at radius 3 is 2.43 bits per heavy atom. The minimum Gasteiger partial charge on any atom is -0.354 e. The van der Waals surface area contributed by atoms with E-state index >= 15 is 0 Å². The van der Waals surface area contributed by atoms with E-state index in [1.165, 1.54) is 4.90 Å². The molecule has 0 atom stereocenters. The smallest absolute Gasteiger partial charge is 0.236 e. The van der Waals surface area contributed by atoms with Gasteiger partial charge in [0.05, 0.1) is 4.75 Å². The Balaban J connectivity index is 0.00000220. The molecule has 0 aromatic heterocycles. The molecule has 1 amide bonds. The van der Waals surface area contributed by atoms with Gasteiger partial charge in [0.25, 0.3) is 0 Å². The largest absolute Gasteiger partial charge is 0.354 e. The molecule has 0 unspecified atom stereocenters. The van der Waals surface area contributed by atoms with Crippen LogP contribution in [0.25, 0.3) is 0 Å². The summed E-state index contributed by atoms with van der Waals surface area (Å²) in [7, 11) is 4.05. The lowest BCUT2D eigenvalue weighted by Crippen LogP contribution is -2.44. The van der Waals surface area contributed by atoms with Crippen LogP contribution < -0.4 is 5.32 Å². The van der Waals surface area contributed by atoms with Crippen molar-refractivity contribution in [2.75, 3.05) is 27.2 Å². The van der Waals surface area contributed by atoms with Crippen molar-refractivity contribution in [2.45, 2.75) is 35.3 Å². The lowest BCUT2D eigenvalue weighted by molar-refractivity contribution is -0.123. The first kappa shape index (κ1) is 18.3. The maximum absolute atomic E-state index is 12.6. The van der Waals surface area contributed by atoms with E-state index in [1.54, 1.807) is 11.8 Å². The topological polar surface area (TPSA) is 32.3 Å². The summed E-state index contributed by atoms with van der Waals surface area (Å²) < 4.78 is -0.256. The van der Waals surface area contributed by atoms with E-state index in [0.717, 1.165) is 38.8 Å². The molecule has 0 aliphatic heterocycles. The van der Waals surface area contributed by atoms with Gasteiger partial charge >= 0.3 is 0 Å². The van der Waals surface area contributed by atoms with Crippen LogP contribution in [0.15, 0.2) is 35.2 Å². The van der Waals surface area contributed by atoms with Gasteiger partial charge in [-0.2, -0.15) is 0 Å². The molecule has 1 aliphatic carbocycles. The van der Waals surface area contributed by atoms with E-state index in [2.05, 4.69) is 22.3 Å². The van der Waals surface area contributed by atoms with Crippen LogP contribution in [0.3, 0.4) is 0 Å². The van der Waals surface area contributed by atoms with E-state index in [-0.39, 0.29) is 23.1 Å². The zero-order chi connectivity index (χ0) is 14.4. The molecule has 1 aliphatic rings. The van der Waals surface area contributed by atoms with Crippen molar-refractivity contribution < 1.29 is 4.79 Å². The van der Waals surface area contributed by atoms with Crippen molar-refractivity contribution in [3.63, 3.8) is 0 Å². The number of thioether (sulfide) groups is 1. The fourth-order valence-electron chi connectivity index (χ4n) is 2.59. The number of nitrogens with zero attached hydrogens (tertiary/aromatic N) is 1. The minimum absolute atomic E-state index is 0. The lowest BCUT2D eigenvalue weighted by Gasteiger charge is -2.27. The number of nitrogens with one attached hydrogen (secondary N) is 1. The third-order valence-corrected chi connectivity index (χ3v) is 5.22. The summed E-state index contributed by atoms with van der Waals surface area (Å²) in [5, 5.41) is 3.12. The van der Waals surface area contributed by atoms with Crippen molar-refractivity contribution in [3.8, 4) is 0 Å². The highest BCUT2D eigenvalue weighted by Gasteiger charge is 2.41. The fourth-order valence-corrected chi connectivity index (χ4v) is 3.99. The predicted molar refractivity (Wildman–Crippen MR) is 92.3 cm³/mol. The molecule has 118 valence electrons. The van der Waals surface area contributed by atoms with Crippen molar-refractivity contribution >= 4 is 30.1 Å². The highest BCUT2D eigenvalue weighted by molar-refractivity contribution is 8.01. The number of benzene rings is 1. The van der Waals surface area contributed by atoms with E-state index in [1.807, 2.05) is 32.3 Å². The Kier molecular flexibility index (Phi) is 7.57. The Hall–Kier alpha value is -0.710. The molecule has 1 fully saturated rings. The number of amides is 1. The van der Waals surface area contributed by atoms with Gasteiger partial charge < -0.3 is 10.2 Å². The van der Waals surface area contributed by atoms with Gasteiger partial charge in [0, 0.05) is 18.0 Å². The van der Waals surface area contributed by atoms with E-state index in [4.69, 9.17) is 0 Å². The molecular formula is C16H25ClN2OS. The second-order valence-corrected chi connectivity index (χ2v) is 7.13. The summed E-state index contributed by atoms with van der Waals surface area (Å²) in [6.07, 6.45) is 4.28. The molecule has 2 rings (SSSR count). The van der Waals surface area contributed by atoms with Gasteiger partial charge in [-0.05, 0) is 39.1 Å². The van der Waals surface area contributed by atoms with Crippen LogP contribution in [-0.4, -0.2) is 42.7 Å². The molecule has 1 saturated carbocycles. The average Bonchev–Trinajstić information content (AvgIpc) is 2.89. The molecule has 0 radical (unpaired) electrons. The highest BCUT2D eigenvalue weighted by atomic mass is 35.5. The number of halogens is 1. The molecule has 0 spiro atoms. The fraction of sp³-hybridized carbons (Fsp3) is 0.562. The monoisotopic (exact) mass is 328 g/mol. The van der Waals surface area contributed by atoms with Crippen molar-refractivity contribution in [3.05, 3.63) is 30.3 Å². The van der Waals surface area contributed by atoms with Crippen LogP contribution in [0.1, 0.15) is 25.7 Å². The van der Waals surface area contributed by atoms with Crippen LogP contribution in [0, 0.1) is 0 Å². The number of rotatable bonds is 6. The third-order valence-electron chi connectivity index (χ3n) is 3.73. The first-order valence-corrected chi connectivity index (χ1v) is 8.11. The molecule has 1 N–H and O–H groups in total. The predicted octanol–water partition coefficient (Wildman–Crippen LogP) is 3.19. The van der Waals surface area contributed by atoms with Crippen molar-refractivity contribution in [2.24, 2.45) is 0 Å². The minimum atomic E-state index is -0.256. The van der Waals surface area contributed by atoms with Crippen LogP contribution in [0.5, 0.6) is 0 Å². The summed E-state index contributed by atoms with van der Waals surface area (Å²) in [5.74, 6) is 0.214. The molecule has 0 saturated heterocycles. The molecular weight excluding hydrogens is 304 g/mol. The molecule has 1 aromatic carbocycles. The zero-order valence-electron chi connectivity index (χ0n) is 12.8. The summed E-state index contributed by atoms with van der Waals surface area (Å²) in [6, 6.07) is 10.3. The van der Waals surface area contributed by atoms with Crippen LogP contribution in [0.4, 0.5) is 0 Å². The third kappa shape index (κ3) is 5.20. The molecule has 5 heteroatoms. The number of carbonyl (C=O) groups is 1. The molecule has 0 heterocycles. The number of hydrogen-bond acceptors (Lipinski definition) is 3. The quantitative estimate of drug-likeness (QED) is 0.870. The Labute approximate surface area is 138 Å². The Bertz CT molecular complexity index is 433. The van der Waals surface area contributed by atoms with Gasteiger partial charge in [0.1, 0.15) is 0 Å². The molecule has 3 nitrogen and oxygen atoms in total. The van der Waals surface area contributed by atoms with Crippen LogP contribution >= 0.6 is 24.2 Å². The normalized spacial score (nSPS) is 16.5. The zero-order valence-corrected chi connectivity index (χ0v) is 14.4. The van der Waals surface area contributed by atoms with Crippen LogP contribution in [0.2, 0.25) is 0 Å². The van der Waals surface area contributed by atoms with E-state index < -0.39 is 0 Å². The maximum atomic E-state index is 12.6. The van der Waals surface area contributed by atoms with Gasteiger partial charge in [-0.1, -0.05) is 31.0 Å². The Morgan fingerprint density at radius 2 is 1.86 bits per heavy atom. The molecule has 21 heavy (non-hydrogen) atoms. The molecule has 0 bridgehead atoms. The van der Waals surface area contributed by atoms with Gasteiger partial charge in [0.2, 0.25) is 5.91 Å². The number of carbonyl (C=O) groups excluding carboxylic acids is 1. The maximum Gasteiger partial charge on any atom is 0.236 e. The van der Waals surface area contributed by atoms with Crippen LogP contribution in [-0.2, 0) is 4.79 Å². The average molecular weight is 329 g/mol. The van der Waals surface area contributed by atoms with Gasteiger partial charge in [-0.15, -0.1) is 24.2 Å². The highest BCUT2D eigenvalue weighted by Crippen LogP contribution is 2.45. The number of likely N-dealkylation sites (N-methyl/N-ethyl adjacent to an activating group) is 1. The second kappa shape index (κ2) is 8.66. The SMILES string of the molecule is CN(C)CCNC(=O)C1(Sc2ccccc2)CCCC1.Cl. The first-order chi connectivity index (χ1) is 9.62. The molecule has 1 aromatic rings. The second-order valence-electron chi connectivity index (χ2n) is 5.68. The first-order valence-electron chi connectivity index (χ1n) is 7.29. The lowest BCUT2D eigenvalue weighted by atomic mass is 10.1. The van der Waals surface area contributed by atoms with Gasteiger partial charge in [-0.25, -0.2) is 0 Å². The summed E-state index contributed by atoms with van der Waals surface area (Å²) in [6.45, 7) is 1.61. The summed E-state index contributed by atoms with van der Waals surface area (Å²) in [5.41, 5.74) is 0. The Morgan fingerprint density at radius 1 is 1.24 bits per heavy atom. The standard InChI is InChI=1S/C16H24N2OS.ClH/c1-18(2)13-12-17-15(19)16(10-6-7-11-16)20-14-8-4-3-5-9-14;/h3-5,8-9H,6-7,10-13H2,1-2H3,(H,17,19);1H.